The average Bonchev–Trinajstić information content (AvgIpc) is 1.97. The Hall–Kier alpha value is -0.770. The summed E-state index contributed by atoms with van der Waals surface area (Å²) in [6.07, 6.45) is 0.179. The summed E-state index contributed by atoms with van der Waals surface area (Å²) in [5.74, 6) is 0.225. The third-order valence-electron chi connectivity index (χ3n) is 2.52. The molecule has 1 rings (SSSR count). The van der Waals surface area contributed by atoms with Crippen molar-refractivity contribution < 1.29 is 14.6 Å². The molecule has 1 aliphatic heterocycles. The third-order valence-corrected chi connectivity index (χ3v) is 2.52. The molecule has 1 atom stereocenters. The monoisotopic (exact) mass is 215 g/mol. The molecule has 15 heavy (non-hydrogen) atoms. The molecule has 0 aromatic heterocycles. The molecular formula is C11H21NO3. The molecule has 1 heterocycles. The van der Waals surface area contributed by atoms with Crippen LogP contribution in [0.2, 0.25) is 0 Å². The molecule has 1 N–H and O–H groups in total. The summed E-state index contributed by atoms with van der Waals surface area (Å²) >= 11 is 0. The summed E-state index contributed by atoms with van der Waals surface area (Å²) < 4.78 is 5.21. The molecule has 0 bridgehead atoms. The molecule has 4 nitrogen and oxygen atoms in total. The minimum absolute atomic E-state index is 0.225. The van der Waals surface area contributed by atoms with Crippen LogP contribution in [-0.4, -0.2) is 40.9 Å². The lowest BCUT2D eigenvalue weighted by molar-refractivity contribution is -0.0312. The predicted molar refractivity (Wildman–Crippen MR) is 57.6 cm³/mol. The number of carbonyl (C=O) groups excluding carboxylic acids is 1. The van der Waals surface area contributed by atoms with Gasteiger partial charge in [-0.15, -0.1) is 0 Å². The quantitative estimate of drug-likeness (QED) is 0.761. The second-order valence-electron chi connectivity index (χ2n) is 5.12. The van der Waals surface area contributed by atoms with Crippen molar-refractivity contribution in [3.63, 3.8) is 0 Å². The summed E-state index contributed by atoms with van der Waals surface area (Å²) in [4.78, 5) is 13.2. The summed E-state index contributed by atoms with van der Waals surface area (Å²) in [7, 11) is 0. The lowest BCUT2D eigenvalue weighted by Gasteiger charge is -2.41. The van der Waals surface area contributed by atoms with Crippen molar-refractivity contribution >= 4 is 6.09 Å². The van der Waals surface area contributed by atoms with Gasteiger partial charge in [0, 0.05) is 19.0 Å². The molecule has 0 aromatic carbocycles. The Bertz CT molecular complexity index is 228. The van der Waals surface area contributed by atoms with Crippen LogP contribution in [0.4, 0.5) is 4.79 Å². The fourth-order valence-corrected chi connectivity index (χ4v) is 1.56. The number of amides is 1. The van der Waals surface area contributed by atoms with Gasteiger partial charge in [-0.1, -0.05) is 6.92 Å². The Kier molecular flexibility index (Phi) is 3.60. The Morgan fingerprint density at radius 2 is 2.07 bits per heavy atom. The fourth-order valence-electron chi connectivity index (χ4n) is 1.56. The minimum Gasteiger partial charge on any atom is -0.444 e. The van der Waals surface area contributed by atoms with Crippen LogP contribution >= 0.6 is 0 Å². The van der Waals surface area contributed by atoms with Crippen LogP contribution in [0.1, 0.15) is 34.1 Å². The Morgan fingerprint density at radius 1 is 1.53 bits per heavy atom. The lowest BCUT2D eigenvalue weighted by Crippen LogP contribution is -2.55. The number of rotatable bonds is 2. The van der Waals surface area contributed by atoms with E-state index in [1.807, 2.05) is 27.7 Å². The fraction of sp³-hybridized carbons (Fsp3) is 0.909. The van der Waals surface area contributed by atoms with Crippen LogP contribution < -0.4 is 0 Å². The molecule has 88 valence electrons. The number of aliphatic hydroxyl groups is 1. The van der Waals surface area contributed by atoms with Crippen LogP contribution in [-0.2, 0) is 4.74 Å². The largest absolute Gasteiger partial charge is 0.444 e. The van der Waals surface area contributed by atoms with Gasteiger partial charge in [-0.05, 0) is 27.2 Å². The van der Waals surface area contributed by atoms with E-state index < -0.39 is 5.60 Å². The molecule has 0 radical (unpaired) electrons. The van der Waals surface area contributed by atoms with Crippen molar-refractivity contribution in [1.29, 1.82) is 0 Å². The highest BCUT2D eigenvalue weighted by Gasteiger charge is 2.36. The van der Waals surface area contributed by atoms with E-state index in [0.717, 1.165) is 6.42 Å². The van der Waals surface area contributed by atoms with E-state index in [2.05, 4.69) is 0 Å². The van der Waals surface area contributed by atoms with Crippen molar-refractivity contribution in [2.45, 2.75) is 45.8 Å². The number of carbonyl (C=O) groups is 1. The smallest absolute Gasteiger partial charge is 0.410 e. The van der Waals surface area contributed by atoms with Gasteiger partial charge in [0.05, 0.1) is 6.10 Å². The van der Waals surface area contributed by atoms with Crippen molar-refractivity contribution in [2.24, 2.45) is 5.92 Å². The molecule has 0 aliphatic carbocycles. The van der Waals surface area contributed by atoms with E-state index in [-0.39, 0.29) is 18.1 Å². The standard InChI is InChI=1S/C11H21NO3/c1-5-9(13)8-6-12(7-8)10(14)15-11(2,3)4/h8-9,13H,5-7H2,1-4H3/t9-/m0/s1. The maximum Gasteiger partial charge on any atom is 0.410 e. The highest BCUT2D eigenvalue weighted by Crippen LogP contribution is 2.23. The lowest BCUT2D eigenvalue weighted by atomic mass is 9.93. The molecule has 0 unspecified atom stereocenters. The summed E-state index contributed by atoms with van der Waals surface area (Å²) in [5, 5.41) is 9.53. The van der Waals surface area contributed by atoms with Crippen molar-refractivity contribution in [3.05, 3.63) is 0 Å². The van der Waals surface area contributed by atoms with Crippen LogP contribution in [0.5, 0.6) is 0 Å². The zero-order valence-electron chi connectivity index (χ0n) is 9.99. The van der Waals surface area contributed by atoms with E-state index in [9.17, 15) is 9.90 Å². The number of ether oxygens (including phenoxy) is 1. The van der Waals surface area contributed by atoms with E-state index in [1.54, 1.807) is 4.90 Å². The maximum absolute atomic E-state index is 11.5. The number of likely N-dealkylation sites (tertiary alicyclic amines) is 1. The first kappa shape index (κ1) is 12.3. The van der Waals surface area contributed by atoms with Crippen LogP contribution in [0, 0.1) is 5.92 Å². The molecule has 1 amide bonds. The highest BCUT2D eigenvalue weighted by molar-refractivity contribution is 5.69. The van der Waals surface area contributed by atoms with E-state index >= 15 is 0 Å². The Labute approximate surface area is 91.2 Å². The molecule has 0 aromatic rings. The Morgan fingerprint density at radius 3 is 2.47 bits per heavy atom. The van der Waals surface area contributed by atoms with Gasteiger partial charge in [0.25, 0.3) is 0 Å². The number of nitrogens with zero attached hydrogens (tertiary/aromatic N) is 1. The number of hydrogen-bond donors (Lipinski definition) is 1. The molecule has 1 saturated heterocycles. The molecule has 0 spiro atoms. The highest BCUT2D eigenvalue weighted by atomic mass is 16.6. The second-order valence-corrected chi connectivity index (χ2v) is 5.12. The van der Waals surface area contributed by atoms with E-state index in [1.165, 1.54) is 0 Å². The first-order valence-corrected chi connectivity index (χ1v) is 5.49. The van der Waals surface area contributed by atoms with Gasteiger partial charge in [0.15, 0.2) is 0 Å². The topological polar surface area (TPSA) is 49.8 Å². The number of aliphatic hydroxyl groups excluding tert-OH is 1. The van der Waals surface area contributed by atoms with Gasteiger partial charge in [-0.2, -0.15) is 0 Å². The van der Waals surface area contributed by atoms with Crippen molar-refractivity contribution in [1.82, 2.24) is 4.90 Å². The van der Waals surface area contributed by atoms with E-state index in [0.29, 0.717) is 13.1 Å². The molecule has 1 aliphatic rings. The van der Waals surface area contributed by atoms with Gasteiger partial charge in [0.1, 0.15) is 5.60 Å². The predicted octanol–water partition coefficient (Wildman–Crippen LogP) is 1.62. The Balaban J connectivity index is 2.30. The third kappa shape index (κ3) is 3.38. The molecule has 4 heteroatoms. The van der Waals surface area contributed by atoms with Crippen LogP contribution in [0.3, 0.4) is 0 Å². The summed E-state index contributed by atoms with van der Waals surface area (Å²) in [6.45, 7) is 8.73. The van der Waals surface area contributed by atoms with Crippen LogP contribution in [0.25, 0.3) is 0 Å². The first-order valence-electron chi connectivity index (χ1n) is 5.49. The summed E-state index contributed by atoms with van der Waals surface area (Å²) in [6, 6.07) is 0. The zero-order chi connectivity index (χ0) is 11.6. The molecular weight excluding hydrogens is 194 g/mol. The molecule has 1 fully saturated rings. The normalized spacial score (nSPS) is 19.7. The first-order chi connectivity index (χ1) is 6.83. The zero-order valence-corrected chi connectivity index (χ0v) is 9.99. The summed E-state index contributed by atoms with van der Waals surface area (Å²) in [5.41, 5.74) is -0.439. The number of hydrogen-bond acceptors (Lipinski definition) is 3. The van der Waals surface area contributed by atoms with Gasteiger partial charge in [-0.25, -0.2) is 4.79 Å². The van der Waals surface area contributed by atoms with Gasteiger partial charge >= 0.3 is 6.09 Å². The minimum atomic E-state index is -0.439. The van der Waals surface area contributed by atoms with Crippen LogP contribution in [0.15, 0.2) is 0 Å². The van der Waals surface area contributed by atoms with E-state index in [4.69, 9.17) is 4.74 Å². The SMILES string of the molecule is CC[C@H](O)C1CN(C(=O)OC(C)(C)C)C1. The molecule has 0 saturated carbocycles. The van der Waals surface area contributed by atoms with Gasteiger partial charge < -0.3 is 14.7 Å². The maximum atomic E-state index is 11.5. The van der Waals surface area contributed by atoms with Crippen molar-refractivity contribution in [2.75, 3.05) is 13.1 Å². The van der Waals surface area contributed by atoms with Gasteiger partial charge in [-0.3, -0.25) is 0 Å². The second kappa shape index (κ2) is 4.39. The van der Waals surface area contributed by atoms with Crippen molar-refractivity contribution in [3.8, 4) is 0 Å². The average molecular weight is 215 g/mol. The van der Waals surface area contributed by atoms with Gasteiger partial charge in [0.2, 0.25) is 0 Å².